The molecule has 1 heterocycles. The Kier molecular flexibility index (Phi) is 3.57. The van der Waals surface area contributed by atoms with E-state index < -0.39 is 0 Å². The largest absolute Gasteiger partial charge is 0.314 e. The minimum absolute atomic E-state index is 0.230. The van der Waals surface area contributed by atoms with E-state index in [0.717, 1.165) is 36.1 Å². The Hall–Kier alpha value is -1.68. The third kappa shape index (κ3) is 2.75. The maximum atomic E-state index is 13.3. The smallest absolute Gasteiger partial charge is 0.125 e. The van der Waals surface area contributed by atoms with Gasteiger partial charge in [0.2, 0.25) is 0 Å². The van der Waals surface area contributed by atoms with Crippen molar-refractivity contribution in [3.8, 4) is 5.69 Å². The normalized spacial score (nSPS) is 14.8. The summed E-state index contributed by atoms with van der Waals surface area (Å²) in [7, 11) is 0. The SMILES string of the molecule is Cc1nn(-c2cccc(F)c2)c(C)c1CCNC1CC1. The number of hydrogen-bond donors (Lipinski definition) is 1. The van der Waals surface area contributed by atoms with Gasteiger partial charge in [-0.3, -0.25) is 0 Å². The van der Waals surface area contributed by atoms with Crippen molar-refractivity contribution in [2.45, 2.75) is 39.2 Å². The monoisotopic (exact) mass is 273 g/mol. The number of hydrogen-bond acceptors (Lipinski definition) is 2. The second-order valence-electron chi connectivity index (χ2n) is 5.52. The quantitative estimate of drug-likeness (QED) is 0.907. The summed E-state index contributed by atoms with van der Waals surface area (Å²) in [6.07, 6.45) is 3.59. The van der Waals surface area contributed by atoms with Crippen LogP contribution in [0.5, 0.6) is 0 Å². The van der Waals surface area contributed by atoms with E-state index >= 15 is 0 Å². The van der Waals surface area contributed by atoms with Crippen LogP contribution in [0.1, 0.15) is 29.8 Å². The lowest BCUT2D eigenvalue weighted by molar-refractivity contribution is 0.625. The molecule has 0 bridgehead atoms. The van der Waals surface area contributed by atoms with Crippen LogP contribution in [0.15, 0.2) is 24.3 Å². The molecular formula is C16H20FN3. The molecule has 3 rings (SSSR count). The van der Waals surface area contributed by atoms with Crippen molar-refractivity contribution in [1.29, 1.82) is 0 Å². The molecule has 1 fully saturated rings. The molecule has 0 unspecified atom stereocenters. The van der Waals surface area contributed by atoms with Crippen molar-refractivity contribution in [2.24, 2.45) is 0 Å². The Labute approximate surface area is 118 Å². The van der Waals surface area contributed by atoms with Crippen LogP contribution in [-0.4, -0.2) is 22.4 Å². The molecule has 4 heteroatoms. The molecule has 0 radical (unpaired) electrons. The van der Waals surface area contributed by atoms with Crippen molar-refractivity contribution in [2.75, 3.05) is 6.54 Å². The van der Waals surface area contributed by atoms with E-state index in [2.05, 4.69) is 17.3 Å². The van der Waals surface area contributed by atoms with Crippen molar-refractivity contribution >= 4 is 0 Å². The molecule has 1 saturated carbocycles. The molecule has 0 spiro atoms. The Balaban J connectivity index is 1.81. The van der Waals surface area contributed by atoms with E-state index in [1.807, 2.05) is 17.7 Å². The first-order valence-corrected chi connectivity index (χ1v) is 7.19. The van der Waals surface area contributed by atoms with Crippen molar-refractivity contribution < 1.29 is 4.39 Å². The summed E-state index contributed by atoms with van der Waals surface area (Å²) >= 11 is 0. The predicted octanol–water partition coefficient (Wildman–Crippen LogP) is 2.92. The average Bonchev–Trinajstić information content (AvgIpc) is 3.19. The molecule has 20 heavy (non-hydrogen) atoms. The first kappa shape index (κ1) is 13.3. The molecule has 0 atom stereocenters. The number of nitrogens with zero attached hydrogens (tertiary/aromatic N) is 2. The first-order chi connectivity index (χ1) is 9.65. The van der Waals surface area contributed by atoms with Crippen LogP contribution < -0.4 is 5.32 Å². The third-order valence-corrected chi connectivity index (χ3v) is 3.88. The molecule has 106 valence electrons. The zero-order valence-corrected chi connectivity index (χ0v) is 12.0. The van der Waals surface area contributed by atoms with Gasteiger partial charge in [0, 0.05) is 11.7 Å². The van der Waals surface area contributed by atoms with Gasteiger partial charge in [-0.15, -0.1) is 0 Å². The molecule has 1 aromatic heterocycles. The second kappa shape index (κ2) is 5.37. The Morgan fingerprint density at radius 2 is 2.15 bits per heavy atom. The number of halogens is 1. The van der Waals surface area contributed by atoms with Gasteiger partial charge < -0.3 is 5.32 Å². The Morgan fingerprint density at radius 1 is 1.35 bits per heavy atom. The summed E-state index contributed by atoms with van der Waals surface area (Å²) in [5.74, 6) is -0.230. The van der Waals surface area contributed by atoms with Crippen LogP contribution in [0.25, 0.3) is 5.69 Å². The van der Waals surface area contributed by atoms with Crippen LogP contribution in [0.3, 0.4) is 0 Å². The molecule has 1 aliphatic carbocycles. The minimum atomic E-state index is -0.230. The predicted molar refractivity (Wildman–Crippen MR) is 77.7 cm³/mol. The lowest BCUT2D eigenvalue weighted by Gasteiger charge is -2.06. The van der Waals surface area contributed by atoms with Crippen molar-refractivity contribution in [3.63, 3.8) is 0 Å². The molecule has 3 nitrogen and oxygen atoms in total. The highest BCUT2D eigenvalue weighted by molar-refractivity contribution is 5.37. The molecule has 0 saturated heterocycles. The highest BCUT2D eigenvalue weighted by atomic mass is 19.1. The fourth-order valence-corrected chi connectivity index (χ4v) is 2.58. The topological polar surface area (TPSA) is 29.9 Å². The fraction of sp³-hybridized carbons (Fsp3) is 0.438. The fourth-order valence-electron chi connectivity index (χ4n) is 2.58. The maximum absolute atomic E-state index is 13.3. The van der Waals surface area contributed by atoms with Gasteiger partial charge in [-0.25, -0.2) is 9.07 Å². The van der Waals surface area contributed by atoms with Crippen molar-refractivity contribution in [1.82, 2.24) is 15.1 Å². The van der Waals surface area contributed by atoms with Gasteiger partial charge in [0.15, 0.2) is 0 Å². The molecule has 0 aliphatic heterocycles. The average molecular weight is 273 g/mol. The minimum Gasteiger partial charge on any atom is -0.314 e. The highest BCUT2D eigenvalue weighted by Gasteiger charge is 2.20. The van der Waals surface area contributed by atoms with Crippen LogP contribution in [-0.2, 0) is 6.42 Å². The maximum Gasteiger partial charge on any atom is 0.125 e. The van der Waals surface area contributed by atoms with E-state index in [9.17, 15) is 4.39 Å². The van der Waals surface area contributed by atoms with E-state index in [0.29, 0.717) is 0 Å². The zero-order chi connectivity index (χ0) is 14.1. The van der Waals surface area contributed by atoms with Gasteiger partial charge in [-0.1, -0.05) is 6.07 Å². The van der Waals surface area contributed by atoms with Gasteiger partial charge >= 0.3 is 0 Å². The number of aromatic nitrogens is 2. The van der Waals surface area contributed by atoms with Crippen LogP contribution in [0, 0.1) is 19.7 Å². The summed E-state index contributed by atoms with van der Waals surface area (Å²) in [6, 6.07) is 7.31. The summed E-state index contributed by atoms with van der Waals surface area (Å²) in [4.78, 5) is 0. The Morgan fingerprint density at radius 3 is 2.85 bits per heavy atom. The summed E-state index contributed by atoms with van der Waals surface area (Å²) < 4.78 is 15.2. The number of rotatable bonds is 5. The van der Waals surface area contributed by atoms with E-state index in [4.69, 9.17) is 0 Å². The zero-order valence-electron chi connectivity index (χ0n) is 12.0. The summed E-state index contributed by atoms with van der Waals surface area (Å²) in [5.41, 5.74) is 4.18. The first-order valence-electron chi connectivity index (χ1n) is 7.19. The standard InChI is InChI=1S/C16H20FN3/c1-11-16(8-9-18-14-6-7-14)12(2)20(19-11)15-5-3-4-13(17)10-15/h3-5,10,14,18H,6-9H2,1-2H3. The van der Waals surface area contributed by atoms with Crippen LogP contribution in [0.4, 0.5) is 4.39 Å². The number of aryl methyl sites for hydroxylation is 1. The van der Waals surface area contributed by atoms with Gasteiger partial charge in [0.05, 0.1) is 11.4 Å². The van der Waals surface area contributed by atoms with Gasteiger partial charge in [-0.2, -0.15) is 5.10 Å². The van der Waals surface area contributed by atoms with Crippen molar-refractivity contribution in [3.05, 3.63) is 47.0 Å². The molecular weight excluding hydrogens is 253 g/mol. The van der Waals surface area contributed by atoms with E-state index in [1.165, 1.54) is 30.5 Å². The lowest BCUT2D eigenvalue weighted by Crippen LogP contribution is -2.19. The molecule has 1 aliphatic rings. The van der Waals surface area contributed by atoms with Gasteiger partial charge in [0.1, 0.15) is 5.82 Å². The third-order valence-electron chi connectivity index (χ3n) is 3.88. The summed E-state index contributed by atoms with van der Waals surface area (Å²) in [6.45, 7) is 5.06. The molecule has 2 aromatic rings. The molecule has 0 amide bonds. The van der Waals surface area contributed by atoms with Gasteiger partial charge in [0.25, 0.3) is 0 Å². The van der Waals surface area contributed by atoms with Crippen LogP contribution >= 0.6 is 0 Å². The molecule has 1 aromatic carbocycles. The molecule has 1 N–H and O–H groups in total. The van der Waals surface area contributed by atoms with E-state index in [1.54, 1.807) is 6.07 Å². The van der Waals surface area contributed by atoms with Gasteiger partial charge in [-0.05, 0) is 63.4 Å². The van der Waals surface area contributed by atoms with Crippen LogP contribution in [0.2, 0.25) is 0 Å². The lowest BCUT2D eigenvalue weighted by atomic mass is 10.1. The van der Waals surface area contributed by atoms with E-state index in [-0.39, 0.29) is 5.82 Å². The second-order valence-corrected chi connectivity index (χ2v) is 5.52. The Bertz CT molecular complexity index is 614. The number of benzene rings is 1. The number of nitrogens with one attached hydrogen (secondary N) is 1. The highest BCUT2D eigenvalue weighted by Crippen LogP contribution is 2.21. The summed E-state index contributed by atoms with van der Waals surface area (Å²) in [5, 5.41) is 8.08.